The van der Waals surface area contributed by atoms with E-state index in [2.05, 4.69) is 37.7 Å². The Morgan fingerprint density at radius 2 is 2.31 bits per heavy atom. The first-order valence-corrected chi connectivity index (χ1v) is 7.53. The molecule has 0 aliphatic carbocycles. The number of hydrogen-bond acceptors (Lipinski definition) is 4. The van der Waals surface area contributed by atoms with Crippen LogP contribution < -0.4 is 0 Å². The molecule has 0 aliphatic heterocycles. The molecule has 0 N–H and O–H groups in total. The second-order valence-electron chi connectivity index (χ2n) is 3.32. The number of methoxy groups -OCH3 is 1. The van der Waals surface area contributed by atoms with Crippen molar-refractivity contribution in [3.05, 3.63) is 26.3 Å². The minimum Gasteiger partial charge on any atom is -0.385 e. The molecule has 0 radical (unpaired) electrons. The predicted molar refractivity (Wildman–Crippen MR) is 73.3 cm³/mol. The van der Waals surface area contributed by atoms with Crippen LogP contribution in [0.4, 0.5) is 0 Å². The van der Waals surface area contributed by atoms with Crippen molar-refractivity contribution in [3.63, 3.8) is 0 Å². The van der Waals surface area contributed by atoms with Crippen LogP contribution in [0, 0.1) is 0 Å². The van der Waals surface area contributed by atoms with Gasteiger partial charge in [-0.05, 0) is 33.8 Å². The van der Waals surface area contributed by atoms with Crippen molar-refractivity contribution in [1.82, 2.24) is 4.98 Å². The van der Waals surface area contributed by atoms with Crippen molar-refractivity contribution in [2.24, 2.45) is 0 Å². The van der Waals surface area contributed by atoms with E-state index < -0.39 is 0 Å². The lowest BCUT2D eigenvalue weighted by molar-refractivity contribution is 0.195. The minimum absolute atomic E-state index is 0.803. The van der Waals surface area contributed by atoms with E-state index in [-0.39, 0.29) is 0 Å². The summed E-state index contributed by atoms with van der Waals surface area (Å²) in [5.74, 6) is 0. The van der Waals surface area contributed by atoms with E-state index in [4.69, 9.17) is 4.74 Å². The molecule has 0 unspecified atom stereocenters. The average Bonchev–Trinajstić information content (AvgIpc) is 2.87. The number of aromatic nitrogens is 1. The zero-order valence-corrected chi connectivity index (χ0v) is 12.1. The lowest BCUT2D eigenvalue weighted by Crippen LogP contribution is -1.91. The Bertz CT molecular complexity index is 452. The van der Waals surface area contributed by atoms with Gasteiger partial charge in [-0.1, -0.05) is 0 Å². The van der Waals surface area contributed by atoms with Gasteiger partial charge in [0.25, 0.3) is 0 Å². The molecule has 2 heterocycles. The third-order valence-corrected chi connectivity index (χ3v) is 4.91. The van der Waals surface area contributed by atoms with Crippen molar-refractivity contribution < 1.29 is 4.74 Å². The predicted octanol–water partition coefficient (Wildman–Crippen LogP) is 4.21. The first kappa shape index (κ1) is 12.2. The molecule has 0 spiro atoms. The molecule has 0 amide bonds. The summed E-state index contributed by atoms with van der Waals surface area (Å²) in [4.78, 5) is 5.85. The minimum atomic E-state index is 0.803. The van der Waals surface area contributed by atoms with E-state index in [0.29, 0.717) is 0 Å². The first-order chi connectivity index (χ1) is 7.81. The van der Waals surface area contributed by atoms with Gasteiger partial charge in [0.1, 0.15) is 0 Å². The number of hydrogen-bond donors (Lipinski definition) is 0. The summed E-state index contributed by atoms with van der Waals surface area (Å²) in [6.45, 7) is 0.803. The molecular formula is C11H12BrNOS2. The highest BCUT2D eigenvalue weighted by Gasteiger charge is 2.08. The van der Waals surface area contributed by atoms with Gasteiger partial charge in [-0.2, -0.15) is 0 Å². The number of halogens is 1. The van der Waals surface area contributed by atoms with Crippen LogP contribution in [-0.2, 0) is 11.2 Å². The SMILES string of the molecule is COCCCc1nc(-c2sccc2Br)cs1. The Morgan fingerprint density at radius 1 is 1.44 bits per heavy atom. The maximum Gasteiger partial charge on any atom is 0.0933 e. The molecule has 0 aliphatic rings. The summed E-state index contributed by atoms with van der Waals surface area (Å²) < 4.78 is 6.16. The van der Waals surface area contributed by atoms with E-state index in [1.54, 1.807) is 29.8 Å². The number of ether oxygens (including phenoxy) is 1. The monoisotopic (exact) mass is 317 g/mol. The molecule has 2 aromatic rings. The van der Waals surface area contributed by atoms with Crippen LogP contribution in [0.25, 0.3) is 10.6 Å². The van der Waals surface area contributed by atoms with Crippen LogP contribution in [-0.4, -0.2) is 18.7 Å². The smallest absolute Gasteiger partial charge is 0.0933 e. The highest BCUT2D eigenvalue weighted by Crippen LogP contribution is 2.34. The third-order valence-electron chi connectivity index (χ3n) is 2.14. The molecule has 0 fully saturated rings. The number of rotatable bonds is 5. The molecule has 2 rings (SSSR count). The highest BCUT2D eigenvalue weighted by molar-refractivity contribution is 9.10. The Balaban J connectivity index is 2.05. The Kier molecular flexibility index (Phi) is 4.52. The highest BCUT2D eigenvalue weighted by atomic mass is 79.9. The van der Waals surface area contributed by atoms with E-state index in [1.165, 1.54) is 9.88 Å². The summed E-state index contributed by atoms with van der Waals surface area (Å²) in [6, 6.07) is 2.06. The largest absolute Gasteiger partial charge is 0.385 e. The quantitative estimate of drug-likeness (QED) is 0.770. The maximum atomic E-state index is 5.03. The van der Waals surface area contributed by atoms with Gasteiger partial charge in [-0.15, -0.1) is 22.7 Å². The van der Waals surface area contributed by atoms with Crippen molar-refractivity contribution in [1.29, 1.82) is 0 Å². The number of thiophene rings is 1. The number of nitrogens with zero attached hydrogens (tertiary/aromatic N) is 1. The molecule has 0 atom stereocenters. The summed E-state index contributed by atoms with van der Waals surface area (Å²) >= 11 is 6.97. The molecule has 86 valence electrons. The topological polar surface area (TPSA) is 22.1 Å². The van der Waals surface area contributed by atoms with Crippen LogP contribution in [0.5, 0.6) is 0 Å². The van der Waals surface area contributed by atoms with Crippen molar-refractivity contribution in [2.75, 3.05) is 13.7 Å². The molecule has 0 aromatic carbocycles. The molecule has 5 heteroatoms. The van der Waals surface area contributed by atoms with Crippen LogP contribution in [0.1, 0.15) is 11.4 Å². The summed E-state index contributed by atoms with van der Waals surface area (Å²) in [6.07, 6.45) is 2.04. The van der Waals surface area contributed by atoms with Crippen LogP contribution in [0.15, 0.2) is 21.3 Å². The van der Waals surface area contributed by atoms with Crippen molar-refractivity contribution in [2.45, 2.75) is 12.8 Å². The van der Waals surface area contributed by atoms with Gasteiger partial charge >= 0.3 is 0 Å². The van der Waals surface area contributed by atoms with Gasteiger partial charge in [-0.25, -0.2) is 4.98 Å². The van der Waals surface area contributed by atoms with E-state index in [9.17, 15) is 0 Å². The van der Waals surface area contributed by atoms with Crippen molar-refractivity contribution >= 4 is 38.6 Å². The summed E-state index contributed by atoms with van der Waals surface area (Å²) in [5.41, 5.74) is 1.08. The zero-order chi connectivity index (χ0) is 11.4. The molecule has 2 aromatic heterocycles. The number of thiazole rings is 1. The first-order valence-electron chi connectivity index (χ1n) is 4.98. The van der Waals surface area contributed by atoms with Crippen LogP contribution in [0.3, 0.4) is 0 Å². The fourth-order valence-corrected chi connectivity index (χ4v) is 3.82. The van der Waals surface area contributed by atoms with Gasteiger partial charge in [-0.3, -0.25) is 0 Å². The van der Waals surface area contributed by atoms with Gasteiger partial charge in [0, 0.05) is 30.0 Å². The maximum absolute atomic E-state index is 5.03. The lowest BCUT2D eigenvalue weighted by atomic mass is 10.3. The molecule has 0 saturated carbocycles. The van der Waals surface area contributed by atoms with Crippen LogP contribution >= 0.6 is 38.6 Å². The second-order valence-corrected chi connectivity index (χ2v) is 6.03. The van der Waals surface area contributed by atoms with Gasteiger partial charge in [0.05, 0.1) is 15.6 Å². The molecular weight excluding hydrogens is 306 g/mol. The molecule has 0 saturated heterocycles. The molecule has 2 nitrogen and oxygen atoms in total. The van der Waals surface area contributed by atoms with Crippen molar-refractivity contribution in [3.8, 4) is 10.6 Å². The Hall–Kier alpha value is -0.230. The normalized spacial score (nSPS) is 10.9. The summed E-state index contributed by atoms with van der Waals surface area (Å²) in [7, 11) is 1.73. The van der Waals surface area contributed by atoms with E-state index in [1.807, 2.05) is 0 Å². The lowest BCUT2D eigenvalue weighted by Gasteiger charge is -1.95. The standard InChI is InChI=1S/C11H12BrNOS2/c1-14-5-2-3-10-13-9(7-16-10)11-8(12)4-6-15-11/h4,6-7H,2-3,5H2,1H3. The summed E-state index contributed by atoms with van der Waals surface area (Å²) in [5, 5.41) is 5.38. The fraction of sp³-hybridized carbons (Fsp3) is 0.364. The third kappa shape index (κ3) is 2.91. The fourth-order valence-electron chi connectivity index (χ4n) is 1.37. The Morgan fingerprint density at radius 3 is 3.00 bits per heavy atom. The second kappa shape index (κ2) is 5.91. The Labute approximate surface area is 111 Å². The van der Waals surface area contributed by atoms with Gasteiger partial charge in [0.15, 0.2) is 0 Å². The molecule has 16 heavy (non-hydrogen) atoms. The van der Waals surface area contributed by atoms with Crippen LogP contribution in [0.2, 0.25) is 0 Å². The van der Waals surface area contributed by atoms with Gasteiger partial charge in [0.2, 0.25) is 0 Å². The average molecular weight is 318 g/mol. The molecule has 0 bridgehead atoms. The van der Waals surface area contributed by atoms with E-state index >= 15 is 0 Å². The number of aryl methyl sites for hydroxylation is 1. The van der Waals surface area contributed by atoms with Gasteiger partial charge < -0.3 is 4.74 Å². The van der Waals surface area contributed by atoms with E-state index in [0.717, 1.165) is 29.6 Å². The zero-order valence-electron chi connectivity index (χ0n) is 8.90.